The fraction of sp³-hybridized carbons (Fsp3) is 0.889. The van der Waals surface area contributed by atoms with Gasteiger partial charge in [-0.25, -0.2) is 0 Å². The molecule has 0 fully saturated rings. The van der Waals surface area contributed by atoms with E-state index in [2.05, 4.69) is 25.5 Å². The summed E-state index contributed by atoms with van der Waals surface area (Å²) in [6.45, 7) is 10.3. The number of carbonyl (C=O) groups is 1. The highest BCUT2D eigenvalue weighted by molar-refractivity contribution is 5.53. The van der Waals surface area contributed by atoms with E-state index in [1.165, 1.54) is 0 Å². The lowest BCUT2D eigenvalue weighted by molar-refractivity contribution is -0.923. The molecule has 0 rings (SSSR count). The molecule has 0 N–H and O–H groups in total. The van der Waals surface area contributed by atoms with Crippen molar-refractivity contribution in [2.24, 2.45) is 0 Å². The quantitative estimate of drug-likeness (QED) is 0.443. The lowest BCUT2D eigenvalue weighted by atomic mass is 10.3. The Morgan fingerprint density at radius 3 is 2.00 bits per heavy atom. The Hall–Kier alpha value is -0.770. The molecule has 4 heteroatoms. The average Bonchev–Trinajstić information content (AvgIpc) is 2.13. The summed E-state index contributed by atoms with van der Waals surface area (Å²) in [6, 6.07) is 0. The second-order valence-electron chi connectivity index (χ2n) is 3.11. The molecule has 13 heavy (non-hydrogen) atoms. The first-order valence-electron chi connectivity index (χ1n) is 4.79. The standard InChI is InChI=1S/C9H19NO3/c1-4-10(5-2,6-3)7-8-13-9(11)12/h4-8H2,1-3H3. The second-order valence-corrected chi connectivity index (χ2v) is 3.11. The number of rotatable bonds is 6. The van der Waals surface area contributed by atoms with Crippen molar-refractivity contribution in [3.8, 4) is 0 Å². The third-order valence-corrected chi connectivity index (χ3v) is 2.80. The van der Waals surface area contributed by atoms with Gasteiger partial charge < -0.3 is 19.1 Å². The van der Waals surface area contributed by atoms with Crippen LogP contribution in [0.25, 0.3) is 0 Å². The first-order chi connectivity index (χ1) is 6.10. The predicted octanol–water partition coefficient (Wildman–Crippen LogP) is 0.223. The topological polar surface area (TPSA) is 49.4 Å². The zero-order valence-electron chi connectivity index (χ0n) is 8.71. The monoisotopic (exact) mass is 189 g/mol. The van der Waals surface area contributed by atoms with Crippen LogP contribution in [0, 0.1) is 0 Å². The van der Waals surface area contributed by atoms with Gasteiger partial charge in [-0.1, -0.05) is 0 Å². The van der Waals surface area contributed by atoms with E-state index in [1.807, 2.05) is 0 Å². The SMILES string of the molecule is CC[N+](CC)(CC)CCOC(=O)[O-]. The predicted molar refractivity (Wildman–Crippen MR) is 48.1 cm³/mol. The Bertz CT molecular complexity index is 147. The van der Waals surface area contributed by atoms with Crippen molar-refractivity contribution < 1.29 is 19.1 Å². The van der Waals surface area contributed by atoms with Crippen LogP contribution in [0.5, 0.6) is 0 Å². The van der Waals surface area contributed by atoms with Gasteiger partial charge in [0.2, 0.25) is 0 Å². The molecule has 0 saturated heterocycles. The Balaban J connectivity index is 3.88. The maximum Gasteiger partial charge on any atom is 0.252 e. The molecule has 0 heterocycles. The summed E-state index contributed by atoms with van der Waals surface area (Å²) in [5, 5.41) is 10.0. The Kier molecular flexibility index (Phi) is 5.46. The highest BCUT2D eigenvalue weighted by Gasteiger charge is 2.19. The Morgan fingerprint density at radius 2 is 1.69 bits per heavy atom. The van der Waals surface area contributed by atoms with Crippen LogP contribution in [0.15, 0.2) is 0 Å². The van der Waals surface area contributed by atoms with Crippen LogP contribution in [-0.2, 0) is 4.74 Å². The molecule has 0 aromatic carbocycles. The van der Waals surface area contributed by atoms with Crippen LogP contribution in [0.3, 0.4) is 0 Å². The van der Waals surface area contributed by atoms with Gasteiger partial charge in [-0.15, -0.1) is 0 Å². The van der Waals surface area contributed by atoms with Gasteiger partial charge in [-0.3, -0.25) is 0 Å². The van der Waals surface area contributed by atoms with Gasteiger partial charge in [0.1, 0.15) is 0 Å². The molecule has 4 nitrogen and oxygen atoms in total. The molecule has 0 saturated carbocycles. The van der Waals surface area contributed by atoms with Crippen molar-refractivity contribution in [1.82, 2.24) is 0 Å². The molecule has 0 aromatic rings. The summed E-state index contributed by atoms with van der Waals surface area (Å²) in [5.41, 5.74) is 0. The van der Waals surface area contributed by atoms with Gasteiger partial charge >= 0.3 is 0 Å². The van der Waals surface area contributed by atoms with Crippen molar-refractivity contribution >= 4 is 6.16 Å². The molecular formula is C9H19NO3. The van der Waals surface area contributed by atoms with Crippen molar-refractivity contribution in [2.45, 2.75) is 20.8 Å². The van der Waals surface area contributed by atoms with Gasteiger partial charge in [0.15, 0.2) is 0 Å². The molecule has 0 aromatic heterocycles. The minimum absolute atomic E-state index is 0.234. The smallest absolute Gasteiger partial charge is 0.252 e. The van der Waals surface area contributed by atoms with Crippen LogP contribution in [0.1, 0.15) is 20.8 Å². The maximum absolute atomic E-state index is 10.0. The molecule has 0 amide bonds. The lowest BCUT2D eigenvalue weighted by Crippen LogP contribution is -2.50. The Morgan fingerprint density at radius 1 is 1.23 bits per heavy atom. The summed E-state index contributed by atoms with van der Waals surface area (Å²) in [7, 11) is 0. The first-order valence-corrected chi connectivity index (χ1v) is 4.79. The van der Waals surface area contributed by atoms with E-state index < -0.39 is 6.16 Å². The summed E-state index contributed by atoms with van der Waals surface area (Å²) in [6.07, 6.45) is -1.43. The molecule has 0 bridgehead atoms. The summed E-state index contributed by atoms with van der Waals surface area (Å²) >= 11 is 0. The number of hydrogen-bond donors (Lipinski definition) is 0. The number of carboxylic acid groups (broad SMARTS) is 1. The normalized spacial score (nSPS) is 11.3. The fourth-order valence-corrected chi connectivity index (χ4v) is 1.47. The molecule has 0 atom stereocenters. The number of hydrogen-bond acceptors (Lipinski definition) is 3. The van der Waals surface area contributed by atoms with Crippen LogP contribution >= 0.6 is 0 Å². The third kappa shape index (κ3) is 4.12. The van der Waals surface area contributed by atoms with Crippen molar-refractivity contribution in [3.05, 3.63) is 0 Å². The van der Waals surface area contributed by atoms with Gasteiger partial charge in [0.05, 0.1) is 32.8 Å². The van der Waals surface area contributed by atoms with Gasteiger partial charge in [0, 0.05) is 0 Å². The molecule has 0 radical (unpaired) electrons. The number of carbonyl (C=O) groups excluding carboxylic acids is 1. The van der Waals surface area contributed by atoms with Crippen LogP contribution < -0.4 is 5.11 Å². The zero-order valence-corrected chi connectivity index (χ0v) is 8.71. The molecule has 0 aliphatic carbocycles. The van der Waals surface area contributed by atoms with Gasteiger partial charge in [-0.05, 0) is 20.8 Å². The molecular weight excluding hydrogens is 170 g/mol. The molecule has 0 spiro atoms. The van der Waals surface area contributed by atoms with E-state index in [-0.39, 0.29) is 6.61 Å². The summed E-state index contributed by atoms with van der Waals surface area (Å²) < 4.78 is 5.29. The minimum Gasteiger partial charge on any atom is -0.544 e. The van der Waals surface area contributed by atoms with Crippen LogP contribution in [0.4, 0.5) is 4.79 Å². The average molecular weight is 189 g/mol. The van der Waals surface area contributed by atoms with Gasteiger partial charge in [0.25, 0.3) is 6.16 Å². The van der Waals surface area contributed by atoms with E-state index in [0.29, 0.717) is 0 Å². The van der Waals surface area contributed by atoms with E-state index >= 15 is 0 Å². The number of likely N-dealkylation sites (N-methyl/N-ethyl adjacent to an activating group) is 1. The maximum atomic E-state index is 10.0. The molecule has 0 aliphatic rings. The van der Waals surface area contributed by atoms with Crippen molar-refractivity contribution in [2.75, 3.05) is 32.8 Å². The van der Waals surface area contributed by atoms with E-state index in [1.54, 1.807) is 0 Å². The molecule has 78 valence electrons. The van der Waals surface area contributed by atoms with E-state index in [0.717, 1.165) is 30.7 Å². The highest BCUT2D eigenvalue weighted by Crippen LogP contribution is 2.04. The van der Waals surface area contributed by atoms with Crippen molar-refractivity contribution in [3.63, 3.8) is 0 Å². The molecule has 0 aliphatic heterocycles. The van der Waals surface area contributed by atoms with E-state index in [9.17, 15) is 9.90 Å². The second kappa shape index (κ2) is 5.80. The molecule has 0 unspecified atom stereocenters. The fourth-order valence-electron chi connectivity index (χ4n) is 1.47. The summed E-state index contributed by atoms with van der Waals surface area (Å²) in [5.74, 6) is 0. The zero-order chi connectivity index (χ0) is 10.3. The highest BCUT2D eigenvalue weighted by atomic mass is 16.7. The summed E-state index contributed by atoms with van der Waals surface area (Å²) in [4.78, 5) is 10.0. The largest absolute Gasteiger partial charge is 0.544 e. The third-order valence-electron chi connectivity index (χ3n) is 2.80. The number of ether oxygens (including phenoxy) is 1. The van der Waals surface area contributed by atoms with Crippen molar-refractivity contribution in [1.29, 1.82) is 0 Å². The lowest BCUT2D eigenvalue weighted by Gasteiger charge is -2.36. The number of quaternary nitrogens is 1. The Labute approximate surface area is 79.7 Å². The van der Waals surface area contributed by atoms with Crippen LogP contribution in [0.2, 0.25) is 0 Å². The van der Waals surface area contributed by atoms with E-state index in [4.69, 9.17) is 0 Å². The number of nitrogens with zero attached hydrogens (tertiary/aromatic N) is 1. The first kappa shape index (κ1) is 12.2. The van der Waals surface area contributed by atoms with Crippen LogP contribution in [-0.4, -0.2) is 43.4 Å². The van der Waals surface area contributed by atoms with Gasteiger partial charge in [-0.2, -0.15) is 0 Å². The minimum atomic E-state index is -1.43.